The minimum absolute atomic E-state index is 0.0910. The van der Waals surface area contributed by atoms with E-state index < -0.39 is 5.41 Å². The average molecular weight is 1140 g/mol. The third-order valence-electron chi connectivity index (χ3n) is 18.8. The Balaban J connectivity index is 0.956. The number of ether oxygens (including phenoxy) is 1. The molecule has 0 bridgehead atoms. The summed E-state index contributed by atoms with van der Waals surface area (Å²) in [6.07, 6.45) is 1.96. The number of hydrogen-bond donors (Lipinski definition) is 0. The van der Waals surface area contributed by atoms with Gasteiger partial charge in [0.15, 0.2) is 5.75 Å². The van der Waals surface area contributed by atoms with E-state index >= 15 is 0 Å². The van der Waals surface area contributed by atoms with E-state index in [1.54, 1.807) is 0 Å². The normalized spacial score (nSPS) is 13.6. The summed E-state index contributed by atoms with van der Waals surface area (Å²) >= 11 is 0. The molecule has 88 heavy (non-hydrogen) atoms. The maximum Gasteiger partial charge on any atom is 0.153 e. The first-order chi connectivity index (χ1) is 42.8. The van der Waals surface area contributed by atoms with Crippen molar-refractivity contribution in [3.8, 4) is 56.4 Å². The largest absolute Gasteiger partial charge is 0.455 e. The van der Waals surface area contributed by atoms with E-state index in [0.717, 1.165) is 78.5 Å². The van der Waals surface area contributed by atoms with Gasteiger partial charge in [-0.05, 0) is 141 Å². The van der Waals surface area contributed by atoms with Crippen molar-refractivity contribution in [1.29, 1.82) is 0 Å². The van der Waals surface area contributed by atoms with Crippen molar-refractivity contribution in [1.82, 2.24) is 14.1 Å². The molecule has 3 aromatic heterocycles. The number of nitrogens with zero attached hydrogens (tertiary/aromatic N) is 5. The van der Waals surface area contributed by atoms with Crippen LogP contribution in [0.2, 0.25) is 0 Å². The fourth-order valence-electron chi connectivity index (χ4n) is 14.3. The highest BCUT2D eigenvalue weighted by atomic mass is 16.5. The summed E-state index contributed by atoms with van der Waals surface area (Å²) in [5.41, 5.74) is 22.3. The summed E-state index contributed by atoms with van der Waals surface area (Å²) in [5, 5.41) is 4.61. The summed E-state index contributed by atoms with van der Waals surface area (Å²) in [6, 6.07) is 96.0. The second-order valence-electron chi connectivity index (χ2n) is 26.1. The van der Waals surface area contributed by atoms with Gasteiger partial charge >= 0.3 is 0 Å². The summed E-state index contributed by atoms with van der Waals surface area (Å²) < 4.78 is 12.7. The predicted molar refractivity (Wildman–Crippen MR) is 367 cm³/mol. The number of hydrogen-bond acceptors (Lipinski definition) is 4. The van der Waals surface area contributed by atoms with Gasteiger partial charge in [-0.25, -0.2) is 4.98 Å². The Hall–Kier alpha value is -10.4. The van der Waals surface area contributed by atoms with Gasteiger partial charge in [-0.2, -0.15) is 0 Å². The van der Waals surface area contributed by atoms with Crippen LogP contribution in [-0.2, 0) is 16.2 Å². The Labute approximate surface area is 514 Å². The number of aromatic nitrogens is 3. The van der Waals surface area contributed by atoms with Crippen molar-refractivity contribution >= 4 is 66.4 Å². The zero-order chi connectivity index (χ0) is 59.6. The molecule has 14 aromatic rings. The second kappa shape index (κ2) is 20.1. The number of pyridine rings is 1. The molecule has 426 valence electrons. The molecule has 6 heteroatoms. The summed E-state index contributed by atoms with van der Waals surface area (Å²) in [6.45, 7) is 16.7. The summed E-state index contributed by atoms with van der Waals surface area (Å²) in [5.74, 6) is 2.31. The van der Waals surface area contributed by atoms with E-state index in [1.807, 2.05) is 6.20 Å². The molecule has 0 N–H and O–H groups in total. The topological polar surface area (TPSA) is 38.5 Å². The molecular formula is C82H67N5O. The van der Waals surface area contributed by atoms with Crippen LogP contribution in [0.15, 0.2) is 267 Å². The zero-order valence-corrected chi connectivity index (χ0v) is 50.8. The van der Waals surface area contributed by atoms with Crippen molar-refractivity contribution < 1.29 is 4.74 Å². The first kappa shape index (κ1) is 53.1. The minimum atomic E-state index is -0.556. The third kappa shape index (κ3) is 8.41. The average Bonchev–Trinajstić information content (AvgIpc) is 2.00. The Bertz CT molecular complexity index is 4930. The van der Waals surface area contributed by atoms with E-state index in [4.69, 9.17) is 9.72 Å². The molecule has 0 fully saturated rings. The smallest absolute Gasteiger partial charge is 0.153 e. The van der Waals surface area contributed by atoms with Gasteiger partial charge in [0.1, 0.15) is 18.2 Å². The van der Waals surface area contributed by atoms with Crippen molar-refractivity contribution in [2.24, 2.45) is 0 Å². The quantitative estimate of drug-likeness (QED) is 0.144. The fraction of sp³-hybridized carbons (Fsp3) is 0.134. The third-order valence-corrected chi connectivity index (χ3v) is 18.8. The highest BCUT2D eigenvalue weighted by Crippen LogP contribution is 2.56. The number of para-hydroxylation sites is 5. The molecule has 0 radical (unpaired) electrons. The van der Waals surface area contributed by atoms with E-state index in [9.17, 15) is 0 Å². The predicted octanol–water partition coefficient (Wildman–Crippen LogP) is 21.6. The molecule has 4 heterocycles. The fourth-order valence-corrected chi connectivity index (χ4v) is 14.3. The van der Waals surface area contributed by atoms with E-state index in [1.165, 1.54) is 72.1 Å². The molecule has 1 aliphatic carbocycles. The zero-order valence-electron chi connectivity index (χ0n) is 50.8. The number of benzene rings is 11. The molecule has 1 aliphatic heterocycles. The Morgan fingerprint density at radius 1 is 0.398 bits per heavy atom. The van der Waals surface area contributed by atoms with Gasteiger partial charge < -0.3 is 19.1 Å². The van der Waals surface area contributed by atoms with Gasteiger partial charge in [0.25, 0.3) is 0 Å². The molecule has 0 saturated carbocycles. The maximum atomic E-state index is 7.93. The van der Waals surface area contributed by atoms with Crippen LogP contribution in [0.5, 0.6) is 11.5 Å². The van der Waals surface area contributed by atoms with Crippen molar-refractivity contribution in [3.05, 3.63) is 295 Å². The monoisotopic (exact) mass is 1140 g/mol. The lowest BCUT2D eigenvalue weighted by Crippen LogP contribution is -2.27. The molecule has 0 spiro atoms. The molecular weight excluding hydrogens is 1070 g/mol. The van der Waals surface area contributed by atoms with Gasteiger partial charge in [0.05, 0.1) is 44.8 Å². The molecule has 11 aromatic carbocycles. The maximum absolute atomic E-state index is 7.93. The Morgan fingerprint density at radius 3 is 1.48 bits per heavy atom. The highest BCUT2D eigenvalue weighted by Gasteiger charge is 2.42. The van der Waals surface area contributed by atoms with E-state index in [0.29, 0.717) is 6.67 Å². The van der Waals surface area contributed by atoms with E-state index in [2.05, 4.69) is 328 Å². The Morgan fingerprint density at radius 2 is 0.898 bits per heavy atom. The lowest BCUT2D eigenvalue weighted by molar-refractivity contribution is 0.479. The first-order valence-electron chi connectivity index (χ1n) is 30.8. The molecule has 0 unspecified atom stereocenters. The number of anilines is 4. The molecule has 2 aliphatic rings. The van der Waals surface area contributed by atoms with Gasteiger partial charge in [0.2, 0.25) is 0 Å². The van der Waals surface area contributed by atoms with E-state index in [-0.39, 0.29) is 10.8 Å². The van der Waals surface area contributed by atoms with Crippen LogP contribution in [0.25, 0.3) is 88.5 Å². The van der Waals surface area contributed by atoms with Gasteiger partial charge in [-0.3, -0.25) is 4.57 Å². The highest BCUT2D eigenvalue weighted by molar-refractivity contribution is 6.13. The van der Waals surface area contributed by atoms with Crippen molar-refractivity contribution in [3.63, 3.8) is 0 Å². The minimum Gasteiger partial charge on any atom is -0.455 e. The van der Waals surface area contributed by atoms with Crippen molar-refractivity contribution in [2.45, 2.75) is 64.7 Å². The van der Waals surface area contributed by atoms with Crippen LogP contribution in [0.1, 0.15) is 76.3 Å². The lowest BCUT2D eigenvalue weighted by atomic mass is 9.74. The molecule has 0 saturated heterocycles. The standard InChI is InChI=1S/C82H67N5O/c1-80(2,3)55-42-43-83-78(48-55)87-72-39-23-18-34-64(72)67-50-76(86-70-37-21-16-32-62(70)63-33-17-22-38-71(63)86)77(51-75(67)87)88-59-45-57(82(7)68-35-19-14-30-60(68)61-31-15-20-36-69(61)82)44-58(49-59)84-52-85(74-41-25-24-40-73(74)84)79-65(53-26-10-8-11-27-53)46-56(81(4,5)6)47-66(79)54-28-12-9-13-29-54/h8-51H,52H2,1-7H3. The molecule has 0 amide bonds. The van der Waals surface area contributed by atoms with Gasteiger partial charge in [-0.15, -0.1) is 0 Å². The van der Waals surface area contributed by atoms with Crippen LogP contribution < -0.4 is 14.5 Å². The van der Waals surface area contributed by atoms with Gasteiger partial charge in [-0.1, -0.05) is 217 Å². The summed E-state index contributed by atoms with van der Waals surface area (Å²) in [7, 11) is 0. The molecule has 16 rings (SSSR count). The second-order valence-corrected chi connectivity index (χ2v) is 26.1. The van der Waals surface area contributed by atoms with Gasteiger partial charge in [0, 0.05) is 62.1 Å². The van der Waals surface area contributed by atoms with Crippen molar-refractivity contribution in [2.75, 3.05) is 16.5 Å². The number of fused-ring (bicyclic) bond motifs is 10. The molecule has 0 atom stereocenters. The summed E-state index contributed by atoms with van der Waals surface area (Å²) in [4.78, 5) is 10.2. The van der Waals surface area contributed by atoms with Crippen LogP contribution in [0.3, 0.4) is 0 Å². The Kier molecular flexibility index (Phi) is 12.1. The lowest BCUT2D eigenvalue weighted by Gasteiger charge is -2.32. The SMILES string of the molecule is CC(C)(C)c1ccnc(-n2c3ccccc3c3cc(-n4c5ccccc5c5ccccc54)c(Oc4cc(N5CN(c6c(-c7ccccc7)cc(C(C)(C)C)cc6-c6ccccc6)c6ccccc65)cc(C5(C)c6ccccc6-c6ccccc65)c4)cc32)c1. The first-order valence-corrected chi connectivity index (χ1v) is 30.8. The molecule has 6 nitrogen and oxygen atoms in total. The van der Waals surface area contributed by atoms with Crippen LogP contribution in [-0.4, -0.2) is 20.8 Å². The van der Waals surface area contributed by atoms with Crippen LogP contribution >= 0.6 is 0 Å². The number of rotatable bonds is 9. The van der Waals surface area contributed by atoms with Crippen LogP contribution in [0, 0.1) is 0 Å². The van der Waals surface area contributed by atoms with Crippen LogP contribution in [0.4, 0.5) is 22.7 Å².